The minimum atomic E-state index is 1.12. The normalized spacial score (nSPS) is 10.4. The van der Waals surface area contributed by atoms with Gasteiger partial charge in [-0.15, -0.1) is 0 Å². The molecule has 0 radical (unpaired) electrons. The summed E-state index contributed by atoms with van der Waals surface area (Å²) in [7, 11) is 3.53. The van der Waals surface area contributed by atoms with Crippen LogP contribution < -0.4 is 0 Å². The third kappa shape index (κ3) is 3.84. The van der Waals surface area contributed by atoms with E-state index in [9.17, 15) is 0 Å². The molecule has 0 saturated heterocycles. The van der Waals surface area contributed by atoms with Gasteiger partial charge in [0.25, 0.3) is 0 Å². The average Bonchev–Trinajstić information content (AvgIpc) is 2.28. The maximum atomic E-state index is 3.47. The van der Waals surface area contributed by atoms with E-state index in [1.54, 1.807) is 21.6 Å². The molecule has 2 rings (SSSR count). The molecule has 0 aromatic heterocycles. The van der Waals surface area contributed by atoms with Gasteiger partial charge in [0.1, 0.15) is 0 Å². The predicted molar refractivity (Wildman–Crippen MR) is 80.0 cm³/mol. The lowest BCUT2D eigenvalue weighted by molar-refractivity contribution is 1.44. The molecule has 0 bridgehead atoms. The van der Waals surface area contributed by atoms with Crippen molar-refractivity contribution < 1.29 is 0 Å². The van der Waals surface area contributed by atoms with Gasteiger partial charge in [-0.25, -0.2) is 0 Å². The van der Waals surface area contributed by atoms with Crippen molar-refractivity contribution in [3.05, 3.63) is 57.5 Å². The van der Waals surface area contributed by atoms with Crippen molar-refractivity contribution in [3.63, 3.8) is 0 Å². The molecule has 0 nitrogen and oxygen atoms in total. The van der Waals surface area contributed by atoms with Crippen molar-refractivity contribution in [1.29, 1.82) is 0 Å². The van der Waals surface area contributed by atoms with E-state index in [4.69, 9.17) is 0 Å². The summed E-state index contributed by atoms with van der Waals surface area (Å²) in [6, 6.07) is 16.7. The Balaban J connectivity index is 1.99. The first-order valence-corrected chi connectivity index (χ1v) is 8.33. The lowest BCUT2D eigenvalue weighted by Gasteiger charge is -2.01. The summed E-state index contributed by atoms with van der Waals surface area (Å²) in [5, 5.41) is 0. The Bertz CT molecular complexity index is 469. The molecule has 0 aliphatic heterocycles. The Labute approximate surface area is 120 Å². The Morgan fingerprint density at radius 3 is 2.06 bits per heavy atom. The molecule has 0 spiro atoms. The van der Waals surface area contributed by atoms with E-state index in [1.165, 1.54) is 9.79 Å². The van der Waals surface area contributed by atoms with Gasteiger partial charge >= 0.3 is 0 Å². The third-order valence-electron chi connectivity index (χ3n) is 1.84. The SMILES string of the molecule is Brc1ccc(SSc2cccc(Br)c2)cc1. The van der Waals surface area contributed by atoms with Crippen LogP contribution in [0.1, 0.15) is 0 Å². The molecule has 0 heterocycles. The summed E-state index contributed by atoms with van der Waals surface area (Å²) < 4.78 is 2.23. The van der Waals surface area contributed by atoms with E-state index < -0.39 is 0 Å². The highest BCUT2D eigenvalue weighted by Crippen LogP contribution is 2.38. The predicted octanol–water partition coefficient (Wildman–Crippen LogP) is 6.01. The Kier molecular flexibility index (Phi) is 4.82. The van der Waals surface area contributed by atoms with Gasteiger partial charge in [0.15, 0.2) is 0 Å². The molecule has 0 amide bonds. The summed E-state index contributed by atoms with van der Waals surface area (Å²) in [5.74, 6) is 0. The van der Waals surface area contributed by atoms with Gasteiger partial charge in [-0.05, 0) is 42.5 Å². The number of hydrogen-bond donors (Lipinski definition) is 0. The van der Waals surface area contributed by atoms with Crippen molar-refractivity contribution in [2.75, 3.05) is 0 Å². The molecule has 82 valence electrons. The highest BCUT2D eigenvalue weighted by Gasteiger charge is 1.98. The van der Waals surface area contributed by atoms with E-state index in [0.29, 0.717) is 0 Å². The minimum absolute atomic E-state index is 1.12. The van der Waals surface area contributed by atoms with Gasteiger partial charge in [0.2, 0.25) is 0 Å². The topological polar surface area (TPSA) is 0 Å². The quantitative estimate of drug-likeness (QED) is 0.602. The van der Waals surface area contributed by atoms with Crippen molar-refractivity contribution in [3.8, 4) is 0 Å². The first-order chi connectivity index (χ1) is 7.74. The van der Waals surface area contributed by atoms with E-state index in [-0.39, 0.29) is 0 Å². The fraction of sp³-hybridized carbons (Fsp3) is 0. The first kappa shape index (κ1) is 12.6. The number of halogens is 2. The lowest BCUT2D eigenvalue weighted by atomic mass is 10.4. The van der Waals surface area contributed by atoms with Crippen LogP contribution in [0.5, 0.6) is 0 Å². The molecule has 0 saturated carbocycles. The second-order valence-corrected chi connectivity index (χ2v) is 7.19. The Morgan fingerprint density at radius 2 is 1.38 bits per heavy atom. The monoisotopic (exact) mass is 374 g/mol. The lowest BCUT2D eigenvalue weighted by Crippen LogP contribution is -1.70. The van der Waals surface area contributed by atoms with Crippen LogP contribution in [0.15, 0.2) is 67.3 Å². The second kappa shape index (κ2) is 6.15. The number of hydrogen-bond acceptors (Lipinski definition) is 2. The standard InChI is InChI=1S/C12H8Br2S2/c13-9-4-6-11(7-5-9)15-16-12-3-1-2-10(14)8-12/h1-8H. The van der Waals surface area contributed by atoms with E-state index in [2.05, 4.69) is 74.3 Å². The summed E-state index contributed by atoms with van der Waals surface area (Å²) >= 11 is 6.90. The fourth-order valence-electron chi connectivity index (χ4n) is 1.11. The maximum Gasteiger partial charge on any atom is 0.0197 e. The fourth-order valence-corrected chi connectivity index (χ4v) is 3.89. The summed E-state index contributed by atoms with van der Waals surface area (Å²) in [6.45, 7) is 0. The van der Waals surface area contributed by atoms with Crippen molar-refractivity contribution in [2.45, 2.75) is 9.79 Å². The van der Waals surface area contributed by atoms with Crippen LogP contribution in [0.25, 0.3) is 0 Å². The molecule has 0 N–H and O–H groups in total. The molecule has 16 heavy (non-hydrogen) atoms. The van der Waals surface area contributed by atoms with Crippen molar-refractivity contribution >= 4 is 53.4 Å². The maximum absolute atomic E-state index is 3.47. The highest BCUT2D eigenvalue weighted by molar-refractivity contribution is 9.10. The summed E-state index contributed by atoms with van der Waals surface area (Å²) in [6.07, 6.45) is 0. The minimum Gasteiger partial charge on any atom is -0.0600 e. The largest absolute Gasteiger partial charge is 0.0600 e. The molecule has 0 aliphatic carbocycles. The van der Waals surface area contributed by atoms with Crippen LogP contribution >= 0.6 is 53.4 Å². The van der Waals surface area contributed by atoms with Crippen LogP contribution in [0, 0.1) is 0 Å². The van der Waals surface area contributed by atoms with E-state index >= 15 is 0 Å². The molecule has 0 aliphatic rings. The van der Waals surface area contributed by atoms with E-state index in [0.717, 1.165) is 8.95 Å². The van der Waals surface area contributed by atoms with Crippen LogP contribution in [0.2, 0.25) is 0 Å². The van der Waals surface area contributed by atoms with Crippen LogP contribution in [0.3, 0.4) is 0 Å². The van der Waals surface area contributed by atoms with Crippen LogP contribution in [0.4, 0.5) is 0 Å². The third-order valence-corrected chi connectivity index (χ3v) is 5.26. The van der Waals surface area contributed by atoms with E-state index in [1.807, 2.05) is 6.07 Å². The van der Waals surface area contributed by atoms with Crippen LogP contribution in [-0.4, -0.2) is 0 Å². The van der Waals surface area contributed by atoms with Gasteiger partial charge in [0, 0.05) is 18.7 Å². The average molecular weight is 376 g/mol. The highest BCUT2D eigenvalue weighted by atomic mass is 79.9. The molecule has 0 fully saturated rings. The molecule has 2 aromatic carbocycles. The molecule has 4 heteroatoms. The summed E-state index contributed by atoms with van der Waals surface area (Å²) in [4.78, 5) is 2.51. The Morgan fingerprint density at radius 1 is 0.688 bits per heavy atom. The number of rotatable bonds is 3. The molecule has 0 atom stereocenters. The van der Waals surface area contributed by atoms with Gasteiger partial charge in [-0.1, -0.05) is 59.5 Å². The zero-order valence-corrected chi connectivity index (χ0v) is 13.0. The molecule has 2 aromatic rings. The Hall–Kier alpha value is 0.1000. The number of benzene rings is 2. The van der Waals surface area contributed by atoms with Crippen molar-refractivity contribution in [1.82, 2.24) is 0 Å². The molecular weight excluding hydrogens is 368 g/mol. The van der Waals surface area contributed by atoms with Gasteiger partial charge < -0.3 is 0 Å². The van der Waals surface area contributed by atoms with Gasteiger partial charge in [-0.3, -0.25) is 0 Å². The second-order valence-electron chi connectivity index (χ2n) is 3.08. The smallest absolute Gasteiger partial charge is 0.0197 e. The molecular formula is C12H8Br2S2. The summed E-state index contributed by atoms with van der Waals surface area (Å²) in [5.41, 5.74) is 0. The zero-order valence-electron chi connectivity index (χ0n) is 8.19. The van der Waals surface area contributed by atoms with Crippen molar-refractivity contribution in [2.24, 2.45) is 0 Å². The van der Waals surface area contributed by atoms with Gasteiger partial charge in [0.05, 0.1) is 0 Å². The first-order valence-electron chi connectivity index (χ1n) is 4.60. The zero-order chi connectivity index (χ0) is 11.4. The van der Waals surface area contributed by atoms with Gasteiger partial charge in [-0.2, -0.15) is 0 Å². The van der Waals surface area contributed by atoms with Crippen LogP contribution in [-0.2, 0) is 0 Å². The molecule has 0 unspecified atom stereocenters.